The molecule has 0 radical (unpaired) electrons. The summed E-state index contributed by atoms with van der Waals surface area (Å²) in [6.07, 6.45) is -0.145. The lowest BCUT2D eigenvalue weighted by molar-refractivity contribution is -0.136. The lowest BCUT2D eigenvalue weighted by Gasteiger charge is -2.19. The summed E-state index contributed by atoms with van der Waals surface area (Å²) in [6.45, 7) is 4.35. The van der Waals surface area contributed by atoms with Crippen LogP contribution in [-0.4, -0.2) is 40.5 Å². The van der Waals surface area contributed by atoms with E-state index in [4.69, 9.17) is 0 Å². The first-order valence-corrected chi connectivity index (χ1v) is 7.01. The molecule has 0 unspecified atom stereocenters. The molecule has 0 bridgehead atoms. The van der Waals surface area contributed by atoms with Crippen molar-refractivity contribution in [2.24, 2.45) is 0 Å². The molecule has 21 heavy (non-hydrogen) atoms. The van der Waals surface area contributed by atoms with Crippen molar-refractivity contribution >= 4 is 5.65 Å². The Morgan fingerprint density at radius 2 is 2.10 bits per heavy atom. The molecule has 1 fully saturated rings. The molecule has 1 saturated heterocycles. The van der Waals surface area contributed by atoms with Crippen molar-refractivity contribution in [1.82, 2.24) is 19.6 Å². The number of halogens is 3. The Balaban J connectivity index is 1.90. The molecular formula is C14H17F3N4. The van der Waals surface area contributed by atoms with Crippen molar-refractivity contribution in [3.63, 3.8) is 0 Å². The molecule has 114 valence electrons. The molecule has 2 aromatic heterocycles. The van der Waals surface area contributed by atoms with Crippen LogP contribution >= 0.6 is 0 Å². The quantitative estimate of drug-likeness (QED) is 0.922. The molecule has 4 nitrogen and oxygen atoms in total. The van der Waals surface area contributed by atoms with E-state index >= 15 is 0 Å². The second-order valence-electron chi connectivity index (χ2n) is 5.24. The number of imidazole rings is 1. The molecule has 1 aliphatic heterocycles. The zero-order valence-electron chi connectivity index (χ0n) is 11.5. The van der Waals surface area contributed by atoms with Gasteiger partial charge in [-0.15, -0.1) is 0 Å². The van der Waals surface area contributed by atoms with Crippen LogP contribution in [-0.2, 0) is 12.7 Å². The van der Waals surface area contributed by atoms with Crippen LogP contribution in [0.15, 0.2) is 24.5 Å². The molecule has 0 spiro atoms. The first kappa shape index (κ1) is 14.3. The summed E-state index contributed by atoms with van der Waals surface area (Å²) in [6, 6.07) is 2.49. The van der Waals surface area contributed by atoms with Gasteiger partial charge in [-0.2, -0.15) is 13.2 Å². The Bertz CT molecular complexity index is 612. The summed E-state index contributed by atoms with van der Waals surface area (Å²) in [5.74, 6) is 0. The molecule has 0 aromatic carbocycles. The summed E-state index contributed by atoms with van der Waals surface area (Å²) in [7, 11) is 0. The van der Waals surface area contributed by atoms with Crippen LogP contribution in [0.2, 0.25) is 0 Å². The number of fused-ring (bicyclic) bond motifs is 1. The fourth-order valence-electron chi connectivity index (χ4n) is 2.69. The molecule has 1 N–H and O–H groups in total. The standard InChI is InChI=1S/C14H17F3N4/c15-14(16,17)12-3-1-7-21-11(9-19-13(12)21)10-20-6-2-4-18-5-8-20/h1,3,7,9,18H,2,4-6,8,10H2. The van der Waals surface area contributed by atoms with Crippen LogP contribution in [0, 0.1) is 0 Å². The first-order chi connectivity index (χ1) is 10.1. The van der Waals surface area contributed by atoms with Crippen molar-refractivity contribution < 1.29 is 13.2 Å². The van der Waals surface area contributed by atoms with Gasteiger partial charge in [0.1, 0.15) is 5.65 Å². The predicted octanol–water partition coefficient (Wildman–Crippen LogP) is 2.15. The van der Waals surface area contributed by atoms with E-state index in [0.717, 1.165) is 44.4 Å². The highest BCUT2D eigenvalue weighted by Crippen LogP contribution is 2.32. The molecule has 3 heterocycles. The van der Waals surface area contributed by atoms with E-state index in [1.165, 1.54) is 6.07 Å². The maximum atomic E-state index is 13.0. The smallest absolute Gasteiger partial charge is 0.315 e. The predicted molar refractivity (Wildman–Crippen MR) is 73.0 cm³/mol. The summed E-state index contributed by atoms with van der Waals surface area (Å²) in [4.78, 5) is 6.21. The Morgan fingerprint density at radius 3 is 2.90 bits per heavy atom. The fourth-order valence-corrected chi connectivity index (χ4v) is 2.69. The van der Waals surface area contributed by atoms with Gasteiger partial charge in [-0.1, -0.05) is 0 Å². The van der Waals surface area contributed by atoms with E-state index in [9.17, 15) is 13.2 Å². The molecule has 0 saturated carbocycles. The molecular weight excluding hydrogens is 281 g/mol. The van der Waals surface area contributed by atoms with Gasteiger partial charge in [0.05, 0.1) is 17.5 Å². The molecule has 7 heteroatoms. The Hall–Kier alpha value is -1.60. The highest BCUT2D eigenvalue weighted by atomic mass is 19.4. The van der Waals surface area contributed by atoms with Crippen LogP contribution in [0.25, 0.3) is 5.65 Å². The molecule has 0 atom stereocenters. The van der Waals surface area contributed by atoms with Crippen LogP contribution in [0.5, 0.6) is 0 Å². The zero-order chi connectivity index (χ0) is 14.9. The molecule has 3 rings (SSSR count). The Labute approximate surface area is 120 Å². The third kappa shape index (κ3) is 3.03. The lowest BCUT2D eigenvalue weighted by Crippen LogP contribution is -2.28. The van der Waals surface area contributed by atoms with Gasteiger partial charge in [0.15, 0.2) is 0 Å². The van der Waals surface area contributed by atoms with Crippen molar-refractivity contribution in [2.45, 2.75) is 19.1 Å². The number of rotatable bonds is 2. The van der Waals surface area contributed by atoms with E-state index in [0.29, 0.717) is 6.54 Å². The van der Waals surface area contributed by atoms with Gasteiger partial charge < -0.3 is 9.72 Å². The van der Waals surface area contributed by atoms with Crippen molar-refractivity contribution in [3.05, 3.63) is 35.8 Å². The van der Waals surface area contributed by atoms with Crippen LogP contribution < -0.4 is 5.32 Å². The fraction of sp³-hybridized carbons (Fsp3) is 0.500. The van der Waals surface area contributed by atoms with Gasteiger partial charge in [-0.05, 0) is 31.6 Å². The minimum absolute atomic E-state index is 0.0204. The average Bonchev–Trinajstić information content (AvgIpc) is 2.67. The maximum absolute atomic E-state index is 13.0. The van der Waals surface area contributed by atoms with Gasteiger partial charge in [-0.25, -0.2) is 4.98 Å². The molecule has 0 aliphatic carbocycles. The zero-order valence-corrected chi connectivity index (χ0v) is 11.5. The number of nitrogens with zero attached hydrogens (tertiary/aromatic N) is 3. The minimum Gasteiger partial charge on any atom is -0.315 e. The average molecular weight is 298 g/mol. The van der Waals surface area contributed by atoms with E-state index in [1.807, 2.05) is 0 Å². The van der Waals surface area contributed by atoms with Crippen LogP contribution in [0.4, 0.5) is 13.2 Å². The number of alkyl halides is 3. The van der Waals surface area contributed by atoms with E-state index in [2.05, 4.69) is 15.2 Å². The summed E-state index contributed by atoms with van der Waals surface area (Å²) < 4.78 is 40.4. The third-order valence-corrected chi connectivity index (χ3v) is 3.74. The second kappa shape index (κ2) is 5.65. The summed E-state index contributed by atoms with van der Waals surface area (Å²) >= 11 is 0. The number of nitrogens with one attached hydrogen (secondary N) is 1. The van der Waals surface area contributed by atoms with Crippen molar-refractivity contribution in [1.29, 1.82) is 0 Å². The Morgan fingerprint density at radius 1 is 1.24 bits per heavy atom. The largest absolute Gasteiger partial charge is 0.419 e. The molecule has 0 amide bonds. The van der Waals surface area contributed by atoms with Gasteiger partial charge >= 0.3 is 6.18 Å². The van der Waals surface area contributed by atoms with Crippen LogP contribution in [0.1, 0.15) is 17.7 Å². The van der Waals surface area contributed by atoms with Crippen LogP contribution in [0.3, 0.4) is 0 Å². The van der Waals surface area contributed by atoms with Crippen molar-refractivity contribution in [2.75, 3.05) is 26.2 Å². The second-order valence-corrected chi connectivity index (χ2v) is 5.24. The minimum atomic E-state index is -4.38. The first-order valence-electron chi connectivity index (χ1n) is 7.01. The van der Waals surface area contributed by atoms with E-state index in [1.54, 1.807) is 16.8 Å². The highest BCUT2D eigenvalue weighted by molar-refractivity contribution is 5.50. The number of aromatic nitrogens is 2. The van der Waals surface area contributed by atoms with Gasteiger partial charge in [0, 0.05) is 25.8 Å². The maximum Gasteiger partial charge on any atom is 0.419 e. The summed E-state index contributed by atoms with van der Waals surface area (Å²) in [5.41, 5.74) is 0.0831. The van der Waals surface area contributed by atoms with Gasteiger partial charge in [-0.3, -0.25) is 4.90 Å². The lowest BCUT2D eigenvalue weighted by atomic mass is 10.2. The molecule has 1 aliphatic rings. The number of hydrogen-bond acceptors (Lipinski definition) is 3. The van der Waals surface area contributed by atoms with E-state index in [-0.39, 0.29) is 5.65 Å². The van der Waals surface area contributed by atoms with Gasteiger partial charge in [0.25, 0.3) is 0 Å². The SMILES string of the molecule is FC(F)(F)c1cccn2c(CN3CCCNCC3)cnc12. The topological polar surface area (TPSA) is 32.6 Å². The Kier molecular flexibility index (Phi) is 3.86. The van der Waals surface area contributed by atoms with E-state index < -0.39 is 11.7 Å². The molecule has 2 aromatic rings. The summed E-state index contributed by atoms with van der Waals surface area (Å²) in [5, 5.41) is 3.31. The number of pyridine rings is 1. The third-order valence-electron chi connectivity index (χ3n) is 3.74. The monoisotopic (exact) mass is 298 g/mol. The van der Waals surface area contributed by atoms with Gasteiger partial charge in [0.2, 0.25) is 0 Å². The van der Waals surface area contributed by atoms with Crippen molar-refractivity contribution in [3.8, 4) is 0 Å². The normalized spacial score (nSPS) is 18.0. The number of hydrogen-bond donors (Lipinski definition) is 1. The highest BCUT2D eigenvalue weighted by Gasteiger charge is 2.34.